The van der Waals surface area contributed by atoms with E-state index in [1.807, 2.05) is 23.0 Å². The van der Waals surface area contributed by atoms with Gasteiger partial charge in [0.1, 0.15) is 0 Å². The fraction of sp³-hybridized carbons (Fsp3) is 0.222. The number of rotatable bonds is 2. The van der Waals surface area contributed by atoms with E-state index in [9.17, 15) is 0 Å². The highest BCUT2D eigenvalue weighted by Gasteiger charge is 2.02. The Balaban J connectivity index is 2.58. The Kier molecular flexibility index (Phi) is 2.33. The van der Waals surface area contributed by atoms with E-state index in [0.717, 1.165) is 22.1 Å². The van der Waals surface area contributed by atoms with Crippen LogP contribution in [0.1, 0.15) is 5.69 Å². The van der Waals surface area contributed by atoms with E-state index in [0.29, 0.717) is 6.54 Å². The second-order valence-electron chi connectivity index (χ2n) is 2.87. The molecule has 2 aromatic heterocycles. The molecule has 13 heavy (non-hydrogen) atoms. The summed E-state index contributed by atoms with van der Waals surface area (Å²) < 4.78 is 3.06. The van der Waals surface area contributed by atoms with Gasteiger partial charge in [0.25, 0.3) is 0 Å². The minimum atomic E-state index is 0.638. The first-order valence-electron chi connectivity index (χ1n) is 4.12. The third-order valence-corrected chi connectivity index (χ3v) is 2.46. The van der Waals surface area contributed by atoms with Crippen LogP contribution in [-0.2, 0) is 6.42 Å². The number of fused-ring (bicyclic) bond motifs is 1. The summed E-state index contributed by atoms with van der Waals surface area (Å²) in [7, 11) is 0. The number of hydrogen-bond acceptors (Lipinski definition) is 2. The zero-order chi connectivity index (χ0) is 9.26. The lowest BCUT2D eigenvalue weighted by Gasteiger charge is -1.96. The van der Waals surface area contributed by atoms with Crippen LogP contribution in [0.5, 0.6) is 0 Å². The SMILES string of the molecule is NCCc1ncn2ccc(Br)cc12. The van der Waals surface area contributed by atoms with E-state index >= 15 is 0 Å². The standard InChI is InChI=1S/C9H10BrN3/c10-7-2-4-13-6-12-8(1-3-11)9(13)5-7/h2,4-6H,1,3,11H2. The number of pyridine rings is 1. The van der Waals surface area contributed by atoms with Gasteiger partial charge in [-0.2, -0.15) is 0 Å². The molecule has 0 fully saturated rings. The zero-order valence-electron chi connectivity index (χ0n) is 7.07. The Labute approximate surface area is 84.7 Å². The Hall–Kier alpha value is -0.870. The van der Waals surface area contributed by atoms with Gasteiger partial charge in [0.2, 0.25) is 0 Å². The molecule has 2 N–H and O–H groups in total. The molecule has 0 spiro atoms. The van der Waals surface area contributed by atoms with Gasteiger partial charge < -0.3 is 10.1 Å². The van der Waals surface area contributed by atoms with Crippen LogP contribution < -0.4 is 5.73 Å². The van der Waals surface area contributed by atoms with Gasteiger partial charge in [0, 0.05) is 17.1 Å². The highest BCUT2D eigenvalue weighted by Crippen LogP contribution is 2.16. The summed E-state index contributed by atoms with van der Waals surface area (Å²) in [5.74, 6) is 0. The van der Waals surface area contributed by atoms with Gasteiger partial charge in [0.15, 0.2) is 0 Å². The first kappa shape index (κ1) is 8.72. The molecule has 2 aromatic rings. The van der Waals surface area contributed by atoms with E-state index in [-0.39, 0.29) is 0 Å². The molecule has 0 aliphatic rings. The molecule has 0 saturated carbocycles. The van der Waals surface area contributed by atoms with Crippen molar-refractivity contribution in [3.63, 3.8) is 0 Å². The van der Waals surface area contributed by atoms with Crippen LogP contribution in [0.2, 0.25) is 0 Å². The number of nitrogens with zero attached hydrogens (tertiary/aromatic N) is 2. The van der Waals surface area contributed by atoms with Crippen molar-refractivity contribution < 1.29 is 0 Å². The van der Waals surface area contributed by atoms with Crippen molar-refractivity contribution >= 4 is 21.4 Å². The Bertz CT molecular complexity index is 422. The first-order valence-corrected chi connectivity index (χ1v) is 4.91. The predicted octanol–water partition coefficient (Wildman–Crippen LogP) is 1.60. The molecule has 3 nitrogen and oxygen atoms in total. The summed E-state index contributed by atoms with van der Waals surface area (Å²) in [5.41, 5.74) is 7.67. The monoisotopic (exact) mass is 239 g/mol. The van der Waals surface area contributed by atoms with Crippen molar-refractivity contribution in [2.45, 2.75) is 6.42 Å². The molecule has 0 saturated heterocycles. The lowest BCUT2D eigenvalue weighted by atomic mass is 10.2. The molecule has 0 radical (unpaired) electrons. The highest BCUT2D eigenvalue weighted by molar-refractivity contribution is 9.10. The van der Waals surface area contributed by atoms with Gasteiger partial charge in [-0.1, -0.05) is 15.9 Å². The first-order chi connectivity index (χ1) is 6.31. The fourth-order valence-electron chi connectivity index (χ4n) is 1.35. The number of nitrogens with two attached hydrogens (primary N) is 1. The van der Waals surface area contributed by atoms with Crippen LogP contribution in [-0.4, -0.2) is 15.9 Å². The molecule has 2 heterocycles. The average molecular weight is 240 g/mol. The molecule has 4 heteroatoms. The van der Waals surface area contributed by atoms with Crippen LogP contribution in [0, 0.1) is 0 Å². The molecule has 0 unspecified atom stereocenters. The molecular formula is C9H10BrN3. The fourth-order valence-corrected chi connectivity index (χ4v) is 1.68. The molecule has 0 bridgehead atoms. The van der Waals surface area contributed by atoms with Crippen LogP contribution in [0.15, 0.2) is 29.1 Å². The largest absolute Gasteiger partial charge is 0.330 e. The molecule has 0 atom stereocenters. The quantitative estimate of drug-likeness (QED) is 0.866. The maximum absolute atomic E-state index is 5.49. The van der Waals surface area contributed by atoms with Crippen molar-refractivity contribution in [2.75, 3.05) is 6.54 Å². The van der Waals surface area contributed by atoms with E-state index < -0.39 is 0 Å². The molecule has 0 aromatic carbocycles. The van der Waals surface area contributed by atoms with Crippen molar-refractivity contribution in [2.24, 2.45) is 5.73 Å². The topological polar surface area (TPSA) is 43.3 Å². The minimum Gasteiger partial charge on any atom is -0.330 e. The number of imidazole rings is 1. The van der Waals surface area contributed by atoms with Crippen molar-refractivity contribution in [3.8, 4) is 0 Å². The van der Waals surface area contributed by atoms with Crippen molar-refractivity contribution in [1.82, 2.24) is 9.38 Å². The molecular weight excluding hydrogens is 230 g/mol. The normalized spacial score (nSPS) is 10.9. The predicted molar refractivity (Wildman–Crippen MR) is 55.7 cm³/mol. The smallest absolute Gasteiger partial charge is 0.0995 e. The second kappa shape index (κ2) is 3.47. The number of hydrogen-bond donors (Lipinski definition) is 1. The third-order valence-electron chi connectivity index (χ3n) is 1.96. The van der Waals surface area contributed by atoms with Gasteiger partial charge in [-0.25, -0.2) is 4.98 Å². The van der Waals surface area contributed by atoms with E-state index in [2.05, 4.69) is 27.0 Å². The summed E-state index contributed by atoms with van der Waals surface area (Å²) in [6.07, 6.45) is 4.62. The number of halogens is 1. The van der Waals surface area contributed by atoms with E-state index in [1.54, 1.807) is 0 Å². The summed E-state index contributed by atoms with van der Waals surface area (Å²) in [6, 6.07) is 4.04. The van der Waals surface area contributed by atoms with Crippen LogP contribution in [0.25, 0.3) is 5.52 Å². The molecule has 2 rings (SSSR count). The van der Waals surface area contributed by atoms with Gasteiger partial charge in [-0.05, 0) is 18.7 Å². The van der Waals surface area contributed by atoms with E-state index in [1.165, 1.54) is 0 Å². The summed E-state index contributed by atoms with van der Waals surface area (Å²) in [4.78, 5) is 4.29. The summed E-state index contributed by atoms with van der Waals surface area (Å²) in [5, 5.41) is 0. The Morgan fingerprint density at radius 3 is 3.15 bits per heavy atom. The van der Waals surface area contributed by atoms with Gasteiger partial charge in [-0.15, -0.1) is 0 Å². The zero-order valence-corrected chi connectivity index (χ0v) is 8.66. The average Bonchev–Trinajstić information content (AvgIpc) is 2.49. The summed E-state index contributed by atoms with van der Waals surface area (Å²) >= 11 is 3.43. The van der Waals surface area contributed by atoms with Gasteiger partial charge in [0.05, 0.1) is 17.5 Å². The molecule has 68 valence electrons. The molecule has 0 aliphatic carbocycles. The maximum atomic E-state index is 5.49. The van der Waals surface area contributed by atoms with Gasteiger partial charge >= 0.3 is 0 Å². The van der Waals surface area contributed by atoms with Gasteiger partial charge in [-0.3, -0.25) is 0 Å². The third kappa shape index (κ3) is 1.59. The van der Waals surface area contributed by atoms with Crippen LogP contribution in [0.3, 0.4) is 0 Å². The van der Waals surface area contributed by atoms with Crippen LogP contribution in [0.4, 0.5) is 0 Å². The highest BCUT2D eigenvalue weighted by atomic mass is 79.9. The summed E-state index contributed by atoms with van der Waals surface area (Å²) in [6.45, 7) is 0.638. The Morgan fingerprint density at radius 2 is 2.38 bits per heavy atom. The Morgan fingerprint density at radius 1 is 1.54 bits per heavy atom. The van der Waals surface area contributed by atoms with Crippen molar-refractivity contribution in [1.29, 1.82) is 0 Å². The van der Waals surface area contributed by atoms with Crippen molar-refractivity contribution in [3.05, 3.63) is 34.8 Å². The lowest BCUT2D eigenvalue weighted by molar-refractivity contribution is 0.942. The van der Waals surface area contributed by atoms with Crippen LogP contribution >= 0.6 is 15.9 Å². The minimum absolute atomic E-state index is 0.638. The molecule has 0 amide bonds. The lowest BCUT2D eigenvalue weighted by Crippen LogP contribution is -2.03. The van der Waals surface area contributed by atoms with E-state index in [4.69, 9.17) is 5.73 Å². The maximum Gasteiger partial charge on any atom is 0.0995 e. The second-order valence-corrected chi connectivity index (χ2v) is 3.78. The number of aromatic nitrogens is 2. The molecule has 0 aliphatic heterocycles.